The normalized spacial score (nSPS) is 23.1. The molecule has 0 bridgehead atoms. The van der Waals surface area contributed by atoms with Crippen LogP contribution in [0, 0.1) is 0 Å². The van der Waals surface area contributed by atoms with Gasteiger partial charge in [0.05, 0.1) is 0 Å². The predicted octanol–water partition coefficient (Wildman–Crippen LogP) is 2.03. The van der Waals surface area contributed by atoms with Gasteiger partial charge in [0.25, 0.3) is 0 Å². The summed E-state index contributed by atoms with van der Waals surface area (Å²) in [4.78, 5) is 23.7. The Morgan fingerprint density at radius 1 is 1.15 bits per heavy atom. The van der Waals surface area contributed by atoms with Crippen molar-refractivity contribution in [1.82, 2.24) is 9.88 Å². The third kappa shape index (κ3) is 3.45. The molecule has 26 heavy (non-hydrogen) atoms. The molecule has 2 amide bonds. The molecular weight excluding hydrogens is 334 g/mol. The Bertz CT molecular complexity index is 704. The Morgan fingerprint density at radius 3 is 2.42 bits per heavy atom. The van der Waals surface area contributed by atoms with Gasteiger partial charge in [0.2, 0.25) is 11.8 Å². The maximum atomic E-state index is 12.2. The third-order valence-electron chi connectivity index (χ3n) is 5.76. The summed E-state index contributed by atoms with van der Waals surface area (Å²) in [6, 6.07) is -0.780. The molecular formula is C19H29N3O4. The number of hydrogen-bond donors (Lipinski definition) is 4. The summed E-state index contributed by atoms with van der Waals surface area (Å²) in [5.41, 5.74) is 7.52. The third-order valence-corrected chi connectivity index (χ3v) is 5.76. The highest BCUT2D eigenvalue weighted by atomic mass is 16.3. The van der Waals surface area contributed by atoms with Gasteiger partial charge in [-0.1, -0.05) is 32.6 Å². The van der Waals surface area contributed by atoms with Gasteiger partial charge >= 0.3 is 0 Å². The van der Waals surface area contributed by atoms with E-state index in [0.29, 0.717) is 24.0 Å². The number of amides is 2. The highest BCUT2D eigenvalue weighted by molar-refractivity contribution is 5.99. The average molecular weight is 363 g/mol. The van der Waals surface area contributed by atoms with E-state index in [4.69, 9.17) is 5.73 Å². The molecule has 1 aliphatic heterocycles. The molecule has 1 aromatic rings. The average Bonchev–Trinajstić information content (AvgIpc) is 2.80. The van der Waals surface area contributed by atoms with Gasteiger partial charge in [-0.3, -0.25) is 19.5 Å². The molecule has 144 valence electrons. The van der Waals surface area contributed by atoms with Gasteiger partial charge in [-0.25, -0.2) is 0 Å². The van der Waals surface area contributed by atoms with Crippen molar-refractivity contribution in [2.45, 2.75) is 82.7 Å². The van der Waals surface area contributed by atoms with Gasteiger partial charge in [0.15, 0.2) is 11.8 Å². The van der Waals surface area contributed by atoms with Crippen LogP contribution in [0.2, 0.25) is 0 Å². The van der Waals surface area contributed by atoms with Gasteiger partial charge in [-0.2, -0.15) is 0 Å². The molecule has 2 heterocycles. The number of aromatic hydroxyl groups is 2. The number of carbonyl (C=O) groups excluding carboxylic acids is 2. The molecule has 0 spiro atoms. The number of carbonyl (C=O) groups is 2. The molecule has 7 heteroatoms. The number of nitrogens with one attached hydrogen (secondary N) is 1. The molecule has 0 aromatic carbocycles. The molecule has 3 rings (SSSR count). The second-order valence-corrected chi connectivity index (χ2v) is 7.79. The van der Waals surface area contributed by atoms with Crippen LogP contribution < -0.4 is 11.1 Å². The van der Waals surface area contributed by atoms with Crippen molar-refractivity contribution >= 4 is 11.8 Å². The predicted molar refractivity (Wildman–Crippen MR) is 96.9 cm³/mol. The van der Waals surface area contributed by atoms with Crippen LogP contribution in [0.4, 0.5) is 0 Å². The largest absolute Gasteiger partial charge is 0.494 e. The minimum Gasteiger partial charge on any atom is -0.494 e. The first kappa shape index (κ1) is 18.8. The van der Waals surface area contributed by atoms with E-state index in [0.717, 1.165) is 32.1 Å². The molecule has 7 nitrogen and oxygen atoms in total. The summed E-state index contributed by atoms with van der Waals surface area (Å²) in [6.45, 7) is 2.00. The molecule has 1 aliphatic carbocycles. The molecule has 1 aromatic heterocycles. The zero-order valence-electron chi connectivity index (χ0n) is 15.4. The first-order valence-corrected chi connectivity index (χ1v) is 9.62. The van der Waals surface area contributed by atoms with Gasteiger partial charge in [-0.15, -0.1) is 0 Å². The Kier molecular flexibility index (Phi) is 5.27. The maximum Gasteiger partial charge on any atom is 0.249 e. The van der Waals surface area contributed by atoms with Gasteiger partial charge < -0.3 is 15.9 Å². The molecule has 1 atom stereocenters. The number of hydrogen-bond acceptors (Lipinski definition) is 5. The number of aromatic nitrogens is 1. The minimum atomic E-state index is -0.780. The molecule has 1 saturated heterocycles. The van der Waals surface area contributed by atoms with E-state index in [1.165, 1.54) is 11.0 Å². The van der Waals surface area contributed by atoms with Crippen molar-refractivity contribution in [3.63, 3.8) is 0 Å². The quantitative estimate of drug-likeness (QED) is 0.597. The highest BCUT2D eigenvalue weighted by Crippen LogP contribution is 2.42. The summed E-state index contributed by atoms with van der Waals surface area (Å²) in [5, 5.41) is 23.9. The zero-order valence-corrected chi connectivity index (χ0v) is 15.4. The smallest absolute Gasteiger partial charge is 0.249 e. The topological polar surface area (TPSA) is 118 Å². The lowest BCUT2D eigenvalue weighted by Crippen LogP contribution is -2.44. The molecule has 1 saturated carbocycles. The molecule has 2 aliphatic rings. The SMILES string of the molecule is CCCc1c(CC2(N)CCCCC2)c(O)n(C2CCC(=O)NC2=O)c1O. The second-order valence-electron chi connectivity index (χ2n) is 7.79. The maximum absolute atomic E-state index is 12.2. The number of nitrogens with two attached hydrogens (primary N) is 1. The number of imide groups is 1. The minimum absolute atomic E-state index is 0.0757. The lowest BCUT2D eigenvalue weighted by atomic mass is 9.78. The summed E-state index contributed by atoms with van der Waals surface area (Å²) in [5.74, 6) is -0.977. The first-order valence-electron chi connectivity index (χ1n) is 9.62. The van der Waals surface area contributed by atoms with E-state index in [1.54, 1.807) is 0 Å². The Balaban J connectivity index is 1.98. The van der Waals surface area contributed by atoms with Crippen molar-refractivity contribution in [3.05, 3.63) is 11.1 Å². The van der Waals surface area contributed by atoms with Crippen LogP contribution in [0.1, 0.15) is 75.5 Å². The molecule has 0 radical (unpaired) electrons. The number of rotatable bonds is 5. The van der Waals surface area contributed by atoms with Crippen LogP contribution in [0.5, 0.6) is 11.8 Å². The van der Waals surface area contributed by atoms with E-state index in [9.17, 15) is 19.8 Å². The van der Waals surface area contributed by atoms with Gasteiger partial charge in [-0.05, 0) is 32.1 Å². The number of piperidine rings is 1. The van der Waals surface area contributed by atoms with Crippen molar-refractivity contribution in [2.24, 2.45) is 5.73 Å². The van der Waals surface area contributed by atoms with Crippen molar-refractivity contribution < 1.29 is 19.8 Å². The summed E-state index contributed by atoms with van der Waals surface area (Å²) >= 11 is 0. The van der Waals surface area contributed by atoms with Crippen LogP contribution >= 0.6 is 0 Å². The Morgan fingerprint density at radius 2 is 1.81 bits per heavy atom. The zero-order chi connectivity index (χ0) is 18.9. The van der Waals surface area contributed by atoms with E-state index < -0.39 is 11.9 Å². The first-order chi connectivity index (χ1) is 12.4. The van der Waals surface area contributed by atoms with Gasteiger partial charge in [0, 0.05) is 23.1 Å². The Hall–Kier alpha value is -2.02. The van der Waals surface area contributed by atoms with Crippen LogP contribution in [-0.2, 0) is 22.4 Å². The van der Waals surface area contributed by atoms with Crippen molar-refractivity contribution in [3.8, 4) is 11.8 Å². The van der Waals surface area contributed by atoms with E-state index in [2.05, 4.69) is 5.32 Å². The summed E-state index contributed by atoms with van der Waals surface area (Å²) in [7, 11) is 0. The van der Waals surface area contributed by atoms with Crippen LogP contribution in [-0.4, -0.2) is 32.1 Å². The molecule has 2 fully saturated rings. The lowest BCUT2D eigenvalue weighted by molar-refractivity contribution is -0.135. The standard InChI is InChI=1S/C19H29N3O4/c1-2-6-12-13(11-19(20)9-4-3-5-10-19)18(26)22(17(12)25)14-7-8-15(23)21-16(14)24/h14,25-26H,2-11,20H2,1H3,(H,21,23,24). The second kappa shape index (κ2) is 7.31. The van der Waals surface area contributed by atoms with E-state index in [-0.39, 0.29) is 36.0 Å². The van der Waals surface area contributed by atoms with Gasteiger partial charge in [0.1, 0.15) is 6.04 Å². The summed E-state index contributed by atoms with van der Waals surface area (Å²) in [6.07, 6.45) is 7.44. The summed E-state index contributed by atoms with van der Waals surface area (Å²) < 4.78 is 1.29. The lowest BCUT2D eigenvalue weighted by Gasteiger charge is -2.33. The van der Waals surface area contributed by atoms with E-state index in [1.807, 2.05) is 6.92 Å². The fraction of sp³-hybridized carbons (Fsp3) is 0.684. The van der Waals surface area contributed by atoms with E-state index >= 15 is 0 Å². The Labute approximate surface area is 153 Å². The fourth-order valence-electron chi connectivity index (χ4n) is 4.37. The van der Waals surface area contributed by atoms with Crippen LogP contribution in [0.15, 0.2) is 0 Å². The van der Waals surface area contributed by atoms with Crippen LogP contribution in [0.25, 0.3) is 0 Å². The number of nitrogens with zero attached hydrogens (tertiary/aromatic N) is 1. The monoisotopic (exact) mass is 363 g/mol. The molecule has 5 N–H and O–H groups in total. The molecule has 1 unspecified atom stereocenters. The van der Waals surface area contributed by atoms with Crippen molar-refractivity contribution in [1.29, 1.82) is 0 Å². The van der Waals surface area contributed by atoms with Crippen LogP contribution in [0.3, 0.4) is 0 Å². The fourth-order valence-corrected chi connectivity index (χ4v) is 4.37. The van der Waals surface area contributed by atoms with Crippen molar-refractivity contribution in [2.75, 3.05) is 0 Å². The highest BCUT2D eigenvalue weighted by Gasteiger charge is 2.37.